The zero-order valence-electron chi connectivity index (χ0n) is 15.2. The number of hydrogen-bond acceptors (Lipinski definition) is 5. The molecule has 4 N–H and O–H groups in total. The van der Waals surface area contributed by atoms with E-state index in [1.807, 2.05) is 11.8 Å². The van der Waals surface area contributed by atoms with E-state index in [0.717, 1.165) is 0 Å². The van der Waals surface area contributed by atoms with E-state index in [1.54, 1.807) is 24.3 Å². The van der Waals surface area contributed by atoms with Crippen LogP contribution in [0.2, 0.25) is 0 Å². The van der Waals surface area contributed by atoms with E-state index < -0.39 is 0 Å². The maximum absolute atomic E-state index is 12.8. The lowest BCUT2D eigenvalue weighted by Crippen LogP contribution is -2.44. The average molecular weight is 372 g/mol. The molecule has 2 atom stereocenters. The van der Waals surface area contributed by atoms with Crippen molar-refractivity contribution in [3.05, 3.63) is 46.4 Å². The molecule has 1 aliphatic heterocycles. The van der Waals surface area contributed by atoms with Crippen molar-refractivity contribution < 1.29 is 14.7 Å². The van der Waals surface area contributed by atoms with Gasteiger partial charge in [-0.25, -0.2) is 0 Å². The SMILES string of the molecule is CCNC(=O)[C@@H]1C[C@H](NC(=O)c2c[nH]c(=O)c3ccccc23)CN1CCO. The standard InChI is InChI=1S/C19H24N4O4/c1-2-20-19(27)16-9-12(11-23(16)7-8-24)22-18(26)15-10-21-17(25)14-6-4-3-5-13(14)15/h3-6,10,12,16,24H,2,7-9,11H2,1H3,(H,20,27)(H,21,25)(H,22,26)/t12-,16-/m0/s1. The summed E-state index contributed by atoms with van der Waals surface area (Å²) in [5, 5.41) is 16.1. The molecule has 0 unspecified atom stereocenters. The molecule has 1 aliphatic rings. The first-order valence-electron chi connectivity index (χ1n) is 9.09. The Morgan fingerprint density at radius 2 is 2.04 bits per heavy atom. The summed E-state index contributed by atoms with van der Waals surface area (Å²) in [5.41, 5.74) is 0.147. The summed E-state index contributed by atoms with van der Waals surface area (Å²) in [4.78, 5) is 41.5. The smallest absolute Gasteiger partial charge is 0.255 e. The molecule has 8 nitrogen and oxygen atoms in total. The van der Waals surface area contributed by atoms with Gasteiger partial charge in [-0.05, 0) is 19.4 Å². The highest BCUT2D eigenvalue weighted by Gasteiger charge is 2.37. The lowest BCUT2D eigenvalue weighted by Gasteiger charge is -2.21. The van der Waals surface area contributed by atoms with Crippen LogP contribution >= 0.6 is 0 Å². The number of carbonyl (C=O) groups is 2. The van der Waals surface area contributed by atoms with Gasteiger partial charge in [0.15, 0.2) is 0 Å². The van der Waals surface area contributed by atoms with Gasteiger partial charge in [0.1, 0.15) is 0 Å². The molecule has 2 heterocycles. The molecule has 1 fully saturated rings. The van der Waals surface area contributed by atoms with Crippen LogP contribution in [0, 0.1) is 0 Å². The normalized spacial score (nSPS) is 19.9. The van der Waals surface area contributed by atoms with Crippen LogP contribution < -0.4 is 16.2 Å². The number of hydrogen-bond donors (Lipinski definition) is 4. The van der Waals surface area contributed by atoms with E-state index >= 15 is 0 Å². The quantitative estimate of drug-likeness (QED) is 0.562. The van der Waals surface area contributed by atoms with E-state index in [2.05, 4.69) is 15.6 Å². The van der Waals surface area contributed by atoms with Crippen molar-refractivity contribution in [1.82, 2.24) is 20.5 Å². The highest BCUT2D eigenvalue weighted by molar-refractivity contribution is 6.06. The number of H-pyrrole nitrogens is 1. The van der Waals surface area contributed by atoms with Gasteiger partial charge in [-0.15, -0.1) is 0 Å². The van der Waals surface area contributed by atoms with Crippen molar-refractivity contribution in [2.75, 3.05) is 26.2 Å². The summed E-state index contributed by atoms with van der Waals surface area (Å²) in [7, 11) is 0. The monoisotopic (exact) mass is 372 g/mol. The topological polar surface area (TPSA) is 115 Å². The first-order chi connectivity index (χ1) is 13.0. The highest BCUT2D eigenvalue weighted by atomic mass is 16.3. The number of carbonyl (C=O) groups excluding carboxylic acids is 2. The zero-order chi connectivity index (χ0) is 19.4. The highest BCUT2D eigenvalue weighted by Crippen LogP contribution is 2.20. The number of amides is 2. The molecule has 0 aliphatic carbocycles. The van der Waals surface area contributed by atoms with E-state index in [9.17, 15) is 19.5 Å². The van der Waals surface area contributed by atoms with Gasteiger partial charge in [-0.2, -0.15) is 0 Å². The van der Waals surface area contributed by atoms with E-state index in [0.29, 0.717) is 42.4 Å². The molecule has 27 heavy (non-hydrogen) atoms. The molecule has 0 saturated carbocycles. The second kappa shape index (κ2) is 8.32. The molecule has 0 bridgehead atoms. The van der Waals surface area contributed by atoms with Gasteiger partial charge < -0.3 is 20.7 Å². The summed E-state index contributed by atoms with van der Waals surface area (Å²) in [6.45, 7) is 3.18. The van der Waals surface area contributed by atoms with Crippen molar-refractivity contribution in [1.29, 1.82) is 0 Å². The first-order valence-corrected chi connectivity index (χ1v) is 9.09. The van der Waals surface area contributed by atoms with Crippen LogP contribution in [-0.2, 0) is 4.79 Å². The second-order valence-electron chi connectivity index (χ2n) is 6.61. The van der Waals surface area contributed by atoms with Crippen molar-refractivity contribution >= 4 is 22.6 Å². The minimum atomic E-state index is -0.380. The number of aromatic nitrogens is 1. The minimum Gasteiger partial charge on any atom is -0.395 e. The summed E-state index contributed by atoms with van der Waals surface area (Å²) >= 11 is 0. The number of aliphatic hydroxyl groups excluding tert-OH is 1. The third kappa shape index (κ3) is 4.01. The first kappa shape index (κ1) is 19.1. The predicted molar refractivity (Wildman–Crippen MR) is 102 cm³/mol. The number of benzene rings is 1. The van der Waals surface area contributed by atoms with Crippen molar-refractivity contribution in [2.45, 2.75) is 25.4 Å². The van der Waals surface area contributed by atoms with Crippen LogP contribution in [0.1, 0.15) is 23.7 Å². The molecule has 0 radical (unpaired) electrons. The van der Waals surface area contributed by atoms with Crippen molar-refractivity contribution in [2.24, 2.45) is 0 Å². The number of likely N-dealkylation sites (tertiary alicyclic amines) is 1. The lowest BCUT2D eigenvalue weighted by atomic mass is 10.1. The predicted octanol–water partition coefficient (Wildman–Crippen LogP) is -0.171. The number of rotatable bonds is 6. The Bertz CT molecular complexity index is 895. The van der Waals surface area contributed by atoms with Crippen LogP contribution in [0.15, 0.2) is 35.3 Å². The third-order valence-corrected chi connectivity index (χ3v) is 4.83. The number of pyridine rings is 1. The Morgan fingerprint density at radius 1 is 1.30 bits per heavy atom. The van der Waals surface area contributed by atoms with Gasteiger partial charge >= 0.3 is 0 Å². The van der Waals surface area contributed by atoms with Gasteiger partial charge in [-0.1, -0.05) is 18.2 Å². The van der Waals surface area contributed by atoms with Crippen LogP contribution in [0.5, 0.6) is 0 Å². The Morgan fingerprint density at radius 3 is 2.74 bits per heavy atom. The second-order valence-corrected chi connectivity index (χ2v) is 6.61. The van der Waals surface area contributed by atoms with Gasteiger partial charge in [0.25, 0.3) is 11.5 Å². The Hall–Kier alpha value is -2.71. The van der Waals surface area contributed by atoms with Gasteiger partial charge in [-0.3, -0.25) is 19.3 Å². The molecule has 0 spiro atoms. The molecule has 2 amide bonds. The van der Waals surface area contributed by atoms with E-state index in [-0.39, 0.29) is 36.1 Å². The van der Waals surface area contributed by atoms with E-state index in [4.69, 9.17) is 0 Å². The van der Waals surface area contributed by atoms with Crippen LogP contribution in [-0.4, -0.2) is 65.1 Å². The molecular formula is C19H24N4O4. The number of nitrogens with zero attached hydrogens (tertiary/aromatic N) is 1. The summed E-state index contributed by atoms with van der Waals surface area (Å²) in [5.74, 6) is -0.398. The number of likely N-dealkylation sites (N-methyl/N-ethyl adjacent to an activating group) is 1. The molecule has 2 aromatic rings. The molecule has 3 rings (SSSR count). The van der Waals surface area contributed by atoms with Crippen LogP contribution in [0.4, 0.5) is 0 Å². The van der Waals surface area contributed by atoms with Crippen LogP contribution in [0.3, 0.4) is 0 Å². The molecule has 144 valence electrons. The van der Waals surface area contributed by atoms with Crippen LogP contribution in [0.25, 0.3) is 10.8 Å². The average Bonchev–Trinajstić information content (AvgIpc) is 3.05. The van der Waals surface area contributed by atoms with Crippen molar-refractivity contribution in [3.63, 3.8) is 0 Å². The fourth-order valence-corrected chi connectivity index (χ4v) is 3.61. The molecular weight excluding hydrogens is 348 g/mol. The number of β-amino-alcohol motifs (C(OH)–C–C–N with tert-alkyl or cyclic N) is 1. The number of fused-ring (bicyclic) bond motifs is 1. The van der Waals surface area contributed by atoms with E-state index in [1.165, 1.54) is 6.20 Å². The van der Waals surface area contributed by atoms with Gasteiger partial charge in [0.2, 0.25) is 5.91 Å². The zero-order valence-corrected chi connectivity index (χ0v) is 15.2. The molecule has 1 aromatic carbocycles. The Labute approximate surface area is 156 Å². The number of aromatic amines is 1. The molecule has 1 aromatic heterocycles. The summed E-state index contributed by atoms with van der Waals surface area (Å²) in [6, 6.07) is 6.34. The maximum Gasteiger partial charge on any atom is 0.255 e. The molecule has 1 saturated heterocycles. The van der Waals surface area contributed by atoms with Gasteiger partial charge in [0.05, 0.1) is 18.2 Å². The number of nitrogens with one attached hydrogen (secondary N) is 3. The Kier molecular flexibility index (Phi) is 5.88. The molecule has 8 heteroatoms. The fraction of sp³-hybridized carbons (Fsp3) is 0.421. The summed E-state index contributed by atoms with van der Waals surface area (Å²) < 4.78 is 0. The summed E-state index contributed by atoms with van der Waals surface area (Å²) in [6.07, 6.45) is 1.89. The fourth-order valence-electron chi connectivity index (χ4n) is 3.61. The Balaban J connectivity index is 1.78. The lowest BCUT2D eigenvalue weighted by molar-refractivity contribution is -0.125. The number of aliphatic hydroxyl groups is 1. The van der Waals surface area contributed by atoms with Crippen molar-refractivity contribution in [3.8, 4) is 0 Å². The maximum atomic E-state index is 12.8. The van der Waals surface area contributed by atoms with Gasteiger partial charge in [0, 0.05) is 42.6 Å². The minimum absolute atomic E-state index is 0.0544. The largest absolute Gasteiger partial charge is 0.395 e. The third-order valence-electron chi connectivity index (χ3n) is 4.83.